The Morgan fingerprint density at radius 2 is 1.92 bits per heavy atom. The highest BCUT2D eigenvalue weighted by Gasteiger charge is 2.33. The van der Waals surface area contributed by atoms with E-state index in [1.54, 1.807) is 0 Å². The zero-order valence-electron chi connectivity index (χ0n) is 9.30. The summed E-state index contributed by atoms with van der Waals surface area (Å²) in [5, 5.41) is 10.3. The molecule has 0 amide bonds. The molecule has 0 aromatic carbocycles. The van der Waals surface area contributed by atoms with Crippen LogP contribution in [0.5, 0.6) is 0 Å². The highest BCUT2D eigenvalue weighted by atomic mass is 16.3. The van der Waals surface area contributed by atoms with Crippen molar-refractivity contribution in [3.8, 4) is 0 Å². The molecule has 0 radical (unpaired) electrons. The van der Waals surface area contributed by atoms with E-state index in [2.05, 4.69) is 27.7 Å². The van der Waals surface area contributed by atoms with Crippen LogP contribution in [0.2, 0.25) is 0 Å². The van der Waals surface area contributed by atoms with E-state index in [0.717, 1.165) is 25.2 Å². The van der Waals surface area contributed by atoms with E-state index >= 15 is 0 Å². The lowest BCUT2D eigenvalue weighted by atomic mass is 9.73. The van der Waals surface area contributed by atoms with Crippen molar-refractivity contribution in [2.75, 3.05) is 0 Å². The molecule has 1 rings (SSSR count). The Morgan fingerprint density at radius 1 is 1.31 bits per heavy atom. The summed E-state index contributed by atoms with van der Waals surface area (Å²) >= 11 is 0. The van der Waals surface area contributed by atoms with Crippen molar-refractivity contribution in [1.29, 1.82) is 0 Å². The average Bonchev–Trinajstić information content (AvgIpc) is 1.96. The Hall–Kier alpha value is -0.300. The lowest BCUT2D eigenvalue weighted by molar-refractivity contribution is 0.0123. The van der Waals surface area contributed by atoms with Crippen molar-refractivity contribution < 1.29 is 5.11 Å². The normalized spacial score (nSPS) is 40.1. The monoisotopic (exact) mass is 182 g/mol. The van der Waals surface area contributed by atoms with Crippen molar-refractivity contribution >= 4 is 0 Å². The van der Waals surface area contributed by atoms with Gasteiger partial charge in [0.25, 0.3) is 0 Å². The molecule has 0 aliphatic heterocycles. The predicted octanol–water partition coefficient (Wildman–Crippen LogP) is 3.14. The molecule has 3 unspecified atom stereocenters. The SMILES string of the molecule is CC(C)=CC1(O)CCC(C)C(C)C1. The summed E-state index contributed by atoms with van der Waals surface area (Å²) in [7, 11) is 0. The van der Waals surface area contributed by atoms with Gasteiger partial charge in [0.1, 0.15) is 0 Å². The third kappa shape index (κ3) is 2.84. The lowest BCUT2D eigenvalue weighted by Crippen LogP contribution is -2.36. The van der Waals surface area contributed by atoms with Crippen LogP contribution in [0.1, 0.15) is 47.0 Å². The maximum absolute atomic E-state index is 10.3. The molecule has 3 atom stereocenters. The Bertz CT molecular complexity index is 203. The summed E-state index contributed by atoms with van der Waals surface area (Å²) in [6.07, 6.45) is 5.06. The second kappa shape index (κ2) is 3.83. The summed E-state index contributed by atoms with van der Waals surface area (Å²) in [4.78, 5) is 0. The Labute approximate surface area is 81.9 Å². The van der Waals surface area contributed by atoms with E-state index in [4.69, 9.17) is 0 Å². The minimum atomic E-state index is -0.509. The van der Waals surface area contributed by atoms with Crippen LogP contribution in [0, 0.1) is 11.8 Å². The van der Waals surface area contributed by atoms with Gasteiger partial charge < -0.3 is 5.11 Å². The first-order valence-electron chi connectivity index (χ1n) is 5.31. The molecule has 1 nitrogen and oxygen atoms in total. The molecule has 1 N–H and O–H groups in total. The minimum Gasteiger partial charge on any atom is -0.386 e. The fourth-order valence-corrected chi connectivity index (χ4v) is 2.29. The third-order valence-electron chi connectivity index (χ3n) is 3.24. The van der Waals surface area contributed by atoms with Gasteiger partial charge in [0, 0.05) is 0 Å². The summed E-state index contributed by atoms with van der Waals surface area (Å²) < 4.78 is 0. The topological polar surface area (TPSA) is 20.2 Å². The second-order valence-electron chi connectivity index (χ2n) is 5.02. The van der Waals surface area contributed by atoms with Crippen LogP contribution < -0.4 is 0 Å². The second-order valence-corrected chi connectivity index (χ2v) is 5.02. The van der Waals surface area contributed by atoms with Gasteiger partial charge in [-0.25, -0.2) is 0 Å². The predicted molar refractivity (Wildman–Crippen MR) is 56.6 cm³/mol. The molecule has 0 saturated heterocycles. The molecule has 1 heteroatoms. The molecule has 0 aromatic heterocycles. The highest BCUT2D eigenvalue weighted by molar-refractivity contribution is 5.09. The van der Waals surface area contributed by atoms with Crippen LogP contribution >= 0.6 is 0 Å². The van der Waals surface area contributed by atoms with Crippen LogP contribution in [0.4, 0.5) is 0 Å². The first kappa shape index (κ1) is 10.8. The van der Waals surface area contributed by atoms with Crippen LogP contribution in [-0.4, -0.2) is 10.7 Å². The summed E-state index contributed by atoms with van der Waals surface area (Å²) in [6, 6.07) is 0. The molecular weight excluding hydrogens is 160 g/mol. The van der Waals surface area contributed by atoms with Crippen LogP contribution in [0.25, 0.3) is 0 Å². The number of allylic oxidation sites excluding steroid dienone is 1. The molecule has 1 aliphatic rings. The summed E-state index contributed by atoms with van der Waals surface area (Å²) in [6.45, 7) is 8.64. The maximum atomic E-state index is 10.3. The lowest BCUT2D eigenvalue weighted by Gasteiger charge is -2.37. The fourth-order valence-electron chi connectivity index (χ4n) is 2.29. The smallest absolute Gasteiger partial charge is 0.0832 e. The van der Waals surface area contributed by atoms with Gasteiger partial charge in [-0.15, -0.1) is 0 Å². The number of rotatable bonds is 1. The molecule has 0 aromatic rings. The van der Waals surface area contributed by atoms with Crippen molar-refractivity contribution in [3.05, 3.63) is 11.6 Å². The van der Waals surface area contributed by atoms with Gasteiger partial charge in [0.2, 0.25) is 0 Å². The largest absolute Gasteiger partial charge is 0.386 e. The van der Waals surface area contributed by atoms with Crippen molar-refractivity contribution in [3.63, 3.8) is 0 Å². The zero-order chi connectivity index (χ0) is 10.1. The van der Waals surface area contributed by atoms with Crippen molar-refractivity contribution in [2.24, 2.45) is 11.8 Å². The van der Waals surface area contributed by atoms with Gasteiger partial charge in [0.05, 0.1) is 5.60 Å². The average molecular weight is 182 g/mol. The molecule has 1 saturated carbocycles. The molecule has 13 heavy (non-hydrogen) atoms. The number of hydrogen-bond donors (Lipinski definition) is 1. The molecular formula is C12H22O. The number of aliphatic hydroxyl groups is 1. The quantitative estimate of drug-likeness (QED) is 0.618. The first-order valence-corrected chi connectivity index (χ1v) is 5.31. The zero-order valence-corrected chi connectivity index (χ0v) is 9.30. The van der Waals surface area contributed by atoms with E-state index < -0.39 is 5.60 Å². The van der Waals surface area contributed by atoms with Crippen molar-refractivity contribution in [1.82, 2.24) is 0 Å². The third-order valence-corrected chi connectivity index (χ3v) is 3.24. The molecule has 0 heterocycles. The van der Waals surface area contributed by atoms with Gasteiger partial charge in [-0.05, 0) is 44.9 Å². The fraction of sp³-hybridized carbons (Fsp3) is 0.833. The molecule has 0 spiro atoms. The first-order chi connectivity index (χ1) is 5.93. The van der Waals surface area contributed by atoms with Gasteiger partial charge in [-0.1, -0.05) is 25.5 Å². The van der Waals surface area contributed by atoms with Gasteiger partial charge in [0.15, 0.2) is 0 Å². The van der Waals surface area contributed by atoms with Crippen LogP contribution in [0.15, 0.2) is 11.6 Å². The van der Waals surface area contributed by atoms with Crippen LogP contribution in [-0.2, 0) is 0 Å². The standard InChI is InChI=1S/C12H22O/c1-9(2)7-12(13)6-5-10(3)11(4)8-12/h7,10-11,13H,5-6,8H2,1-4H3. The summed E-state index contributed by atoms with van der Waals surface area (Å²) in [5.41, 5.74) is 0.717. The molecule has 76 valence electrons. The number of hydrogen-bond acceptors (Lipinski definition) is 1. The van der Waals surface area contributed by atoms with Gasteiger partial charge >= 0.3 is 0 Å². The molecule has 1 aliphatic carbocycles. The van der Waals surface area contributed by atoms with E-state index in [-0.39, 0.29) is 0 Å². The Balaban J connectivity index is 2.67. The van der Waals surface area contributed by atoms with Crippen molar-refractivity contribution in [2.45, 2.75) is 52.6 Å². The Kier molecular flexibility index (Phi) is 3.18. The summed E-state index contributed by atoms with van der Waals surface area (Å²) in [5.74, 6) is 1.42. The van der Waals surface area contributed by atoms with Gasteiger partial charge in [-0.2, -0.15) is 0 Å². The minimum absolute atomic E-state index is 0.509. The van der Waals surface area contributed by atoms with Gasteiger partial charge in [-0.3, -0.25) is 0 Å². The van der Waals surface area contributed by atoms with E-state index in [9.17, 15) is 5.11 Å². The molecule has 1 fully saturated rings. The maximum Gasteiger partial charge on any atom is 0.0832 e. The Morgan fingerprint density at radius 3 is 2.38 bits per heavy atom. The molecule has 0 bridgehead atoms. The van der Waals surface area contributed by atoms with E-state index in [1.807, 2.05) is 6.08 Å². The van der Waals surface area contributed by atoms with Crippen LogP contribution in [0.3, 0.4) is 0 Å². The van der Waals surface area contributed by atoms with E-state index in [0.29, 0.717) is 5.92 Å². The highest BCUT2D eigenvalue weighted by Crippen LogP contribution is 2.37. The van der Waals surface area contributed by atoms with E-state index in [1.165, 1.54) is 5.57 Å².